The zero-order chi connectivity index (χ0) is 15.2. The maximum Gasteiger partial charge on any atom is 0.269 e. The van der Waals surface area contributed by atoms with Crippen LogP contribution < -0.4 is 4.90 Å². The van der Waals surface area contributed by atoms with E-state index >= 15 is 0 Å². The number of non-ortho nitro benzene ring substituents is 1. The zero-order valence-electron chi connectivity index (χ0n) is 11.8. The monoisotopic (exact) mass is 348 g/mol. The number of benzene rings is 2. The van der Waals surface area contributed by atoms with Crippen molar-refractivity contribution in [3.05, 3.63) is 69.8 Å². The summed E-state index contributed by atoms with van der Waals surface area (Å²) in [6, 6.07) is 15.3. The summed E-state index contributed by atoms with van der Waals surface area (Å²) in [4.78, 5) is 12.6. The highest BCUT2D eigenvalue weighted by Crippen LogP contribution is 2.26. The Labute approximate surface area is 132 Å². The number of hydrogen-bond acceptors (Lipinski definition) is 3. The van der Waals surface area contributed by atoms with Crippen LogP contribution >= 0.6 is 15.9 Å². The van der Waals surface area contributed by atoms with Gasteiger partial charge in [-0.1, -0.05) is 46.3 Å². The van der Waals surface area contributed by atoms with E-state index in [4.69, 9.17) is 0 Å². The minimum atomic E-state index is -0.361. The number of likely N-dealkylation sites (N-methyl/N-ethyl adjacent to an activating group) is 1. The van der Waals surface area contributed by atoms with Gasteiger partial charge >= 0.3 is 0 Å². The minimum absolute atomic E-state index is 0.129. The maximum atomic E-state index is 10.8. The van der Waals surface area contributed by atoms with Gasteiger partial charge in [0.15, 0.2) is 0 Å². The molecule has 0 radical (unpaired) electrons. The molecular formula is C16H17BrN2O2. The van der Waals surface area contributed by atoms with E-state index in [0.717, 1.165) is 24.2 Å². The smallest absolute Gasteiger partial charge is 0.269 e. The summed E-state index contributed by atoms with van der Waals surface area (Å²) < 4.78 is 0. The lowest BCUT2D eigenvalue weighted by molar-refractivity contribution is -0.384. The van der Waals surface area contributed by atoms with E-state index in [1.807, 2.05) is 31.3 Å². The number of nitrogens with zero attached hydrogens (tertiary/aromatic N) is 2. The van der Waals surface area contributed by atoms with Crippen LogP contribution in [0.2, 0.25) is 0 Å². The van der Waals surface area contributed by atoms with Gasteiger partial charge in [-0.15, -0.1) is 0 Å². The van der Waals surface area contributed by atoms with Crippen LogP contribution in [0.25, 0.3) is 0 Å². The summed E-state index contributed by atoms with van der Waals surface area (Å²) in [5.74, 6) is 0. The van der Waals surface area contributed by atoms with Crippen LogP contribution in [-0.2, 0) is 11.8 Å². The summed E-state index contributed by atoms with van der Waals surface area (Å²) in [7, 11) is 2.01. The first kappa shape index (κ1) is 15.5. The van der Waals surface area contributed by atoms with E-state index in [1.165, 1.54) is 5.56 Å². The lowest BCUT2D eigenvalue weighted by atomic mass is 10.1. The van der Waals surface area contributed by atoms with Crippen molar-refractivity contribution in [1.29, 1.82) is 0 Å². The molecule has 0 amide bonds. The van der Waals surface area contributed by atoms with Crippen LogP contribution in [0, 0.1) is 10.1 Å². The van der Waals surface area contributed by atoms with Crippen molar-refractivity contribution in [2.24, 2.45) is 0 Å². The Kier molecular flexibility index (Phi) is 5.33. The van der Waals surface area contributed by atoms with E-state index in [0.29, 0.717) is 5.33 Å². The molecule has 2 aromatic carbocycles. The molecule has 2 aromatic rings. The van der Waals surface area contributed by atoms with Gasteiger partial charge in [0.25, 0.3) is 5.69 Å². The third kappa shape index (κ3) is 4.04. The number of nitro benzene ring substituents is 1. The van der Waals surface area contributed by atoms with E-state index in [1.54, 1.807) is 12.1 Å². The van der Waals surface area contributed by atoms with Gasteiger partial charge in [-0.3, -0.25) is 10.1 Å². The Morgan fingerprint density at radius 3 is 2.52 bits per heavy atom. The van der Waals surface area contributed by atoms with Gasteiger partial charge in [0.2, 0.25) is 0 Å². The highest BCUT2D eigenvalue weighted by atomic mass is 79.9. The average Bonchev–Trinajstić information content (AvgIpc) is 2.52. The number of rotatable bonds is 6. The fraction of sp³-hybridized carbons (Fsp3) is 0.250. The topological polar surface area (TPSA) is 46.4 Å². The third-order valence-corrected chi connectivity index (χ3v) is 4.01. The van der Waals surface area contributed by atoms with Crippen LogP contribution in [0.5, 0.6) is 0 Å². The molecule has 0 aliphatic heterocycles. The second-order valence-corrected chi connectivity index (χ2v) is 5.42. The minimum Gasteiger partial charge on any atom is -0.374 e. The Morgan fingerprint density at radius 2 is 1.90 bits per heavy atom. The van der Waals surface area contributed by atoms with Crippen molar-refractivity contribution >= 4 is 27.3 Å². The number of halogens is 1. The number of alkyl halides is 1. The summed E-state index contributed by atoms with van der Waals surface area (Å²) in [6.07, 6.45) is 0.941. The van der Waals surface area contributed by atoms with Gasteiger partial charge < -0.3 is 4.90 Å². The van der Waals surface area contributed by atoms with Crippen LogP contribution in [0.4, 0.5) is 11.4 Å². The Hall–Kier alpha value is -1.88. The molecule has 0 bridgehead atoms. The van der Waals surface area contributed by atoms with Crippen molar-refractivity contribution in [2.75, 3.05) is 18.5 Å². The molecule has 0 spiro atoms. The van der Waals surface area contributed by atoms with Crippen LogP contribution in [0.15, 0.2) is 48.5 Å². The molecule has 0 aromatic heterocycles. The molecule has 0 saturated heterocycles. The molecule has 0 aliphatic carbocycles. The first-order valence-electron chi connectivity index (χ1n) is 6.70. The first-order valence-corrected chi connectivity index (χ1v) is 7.82. The Balaban J connectivity index is 2.11. The van der Waals surface area contributed by atoms with Crippen LogP contribution in [0.3, 0.4) is 0 Å². The molecule has 0 atom stereocenters. The van der Waals surface area contributed by atoms with E-state index < -0.39 is 0 Å². The quantitative estimate of drug-likeness (QED) is 0.447. The maximum absolute atomic E-state index is 10.8. The molecule has 0 unspecified atom stereocenters. The van der Waals surface area contributed by atoms with Crippen molar-refractivity contribution in [3.63, 3.8) is 0 Å². The van der Waals surface area contributed by atoms with Crippen LogP contribution in [0.1, 0.15) is 11.1 Å². The highest BCUT2D eigenvalue weighted by Gasteiger charge is 2.12. The summed E-state index contributed by atoms with van der Waals surface area (Å²) in [5, 5.41) is 11.4. The Morgan fingerprint density at radius 1 is 1.19 bits per heavy atom. The van der Waals surface area contributed by atoms with E-state index in [9.17, 15) is 10.1 Å². The standard InChI is InChI=1S/C16H17BrN2O2/c1-18(10-9-13-5-3-2-4-6-13)16-8-7-15(19(20)21)11-14(16)12-17/h2-8,11H,9-10,12H2,1H3. The van der Waals surface area contributed by atoms with Crippen LogP contribution in [-0.4, -0.2) is 18.5 Å². The number of anilines is 1. The molecule has 0 aliphatic rings. The fourth-order valence-corrected chi connectivity index (χ4v) is 2.68. The van der Waals surface area contributed by atoms with Gasteiger partial charge in [0.1, 0.15) is 0 Å². The second-order valence-electron chi connectivity index (χ2n) is 4.86. The zero-order valence-corrected chi connectivity index (χ0v) is 13.4. The largest absolute Gasteiger partial charge is 0.374 e. The van der Waals surface area contributed by atoms with Crippen molar-refractivity contribution in [3.8, 4) is 0 Å². The van der Waals surface area contributed by atoms with Crippen molar-refractivity contribution in [1.82, 2.24) is 0 Å². The SMILES string of the molecule is CN(CCc1ccccc1)c1ccc([N+](=O)[O-])cc1CBr. The third-order valence-electron chi connectivity index (χ3n) is 3.41. The van der Waals surface area contributed by atoms with E-state index in [-0.39, 0.29) is 10.6 Å². The molecule has 0 fully saturated rings. The van der Waals surface area contributed by atoms with Crippen molar-refractivity contribution < 1.29 is 4.92 Å². The van der Waals surface area contributed by atoms with Gasteiger partial charge in [0, 0.05) is 36.7 Å². The molecular weight excluding hydrogens is 332 g/mol. The molecule has 110 valence electrons. The van der Waals surface area contributed by atoms with Crippen molar-refractivity contribution in [2.45, 2.75) is 11.8 Å². The average molecular weight is 349 g/mol. The lowest BCUT2D eigenvalue weighted by Gasteiger charge is -2.22. The molecule has 2 rings (SSSR count). The lowest BCUT2D eigenvalue weighted by Crippen LogP contribution is -2.21. The van der Waals surface area contributed by atoms with Gasteiger partial charge in [-0.25, -0.2) is 0 Å². The summed E-state index contributed by atoms with van der Waals surface area (Å²) in [6.45, 7) is 0.863. The molecule has 0 saturated carbocycles. The highest BCUT2D eigenvalue weighted by molar-refractivity contribution is 9.08. The normalized spacial score (nSPS) is 10.4. The number of nitro groups is 1. The van der Waals surface area contributed by atoms with Gasteiger partial charge in [0.05, 0.1) is 4.92 Å². The molecule has 5 heteroatoms. The molecule has 0 N–H and O–H groups in total. The molecule has 4 nitrogen and oxygen atoms in total. The Bertz CT molecular complexity index is 617. The van der Waals surface area contributed by atoms with Gasteiger partial charge in [-0.05, 0) is 23.6 Å². The number of hydrogen-bond donors (Lipinski definition) is 0. The predicted octanol–water partition coefficient (Wildman–Crippen LogP) is 4.17. The van der Waals surface area contributed by atoms with E-state index in [2.05, 4.69) is 33.0 Å². The molecule has 21 heavy (non-hydrogen) atoms. The first-order chi connectivity index (χ1) is 10.1. The predicted molar refractivity (Wildman–Crippen MR) is 89.1 cm³/mol. The fourth-order valence-electron chi connectivity index (χ4n) is 2.23. The second kappa shape index (κ2) is 7.22. The summed E-state index contributed by atoms with van der Waals surface area (Å²) in [5.41, 5.74) is 3.37. The van der Waals surface area contributed by atoms with Gasteiger partial charge in [-0.2, -0.15) is 0 Å². The molecule has 0 heterocycles. The summed E-state index contributed by atoms with van der Waals surface area (Å²) >= 11 is 3.41.